The number of carboxylic acids is 1. The molecule has 498 valence electrons. The normalized spacial score (nSPS) is 13.4. The van der Waals surface area contributed by atoms with Crippen LogP contribution in [0.3, 0.4) is 0 Å². The lowest BCUT2D eigenvalue weighted by Crippen LogP contribution is -2.44. The zero-order valence-corrected chi connectivity index (χ0v) is 56.9. The van der Waals surface area contributed by atoms with Crippen molar-refractivity contribution < 1.29 is 42.9 Å². The molecule has 0 aromatic heterocycles. The Kier molecular flexibility index (Phi) is 64.3. The number of esters is 2. The predicted molar refractivity (Wildman–Crippen MR) is 370 cm³/mol. The fourth-order valence-electron chi connectivity index (χ4n) is 9.76. The molecule has 9 nitrogen and oxygen atoms in total. The van der Waals surface area contributed by atoms with E-state index in [-0.39, 0.29) is 38.6 Å². The van der Waals surface area contributed by atoms with Crippen LogP contribution in [0, 0.1) is 0 Å². The Bertz CT molecular complexity index is 1840. The topological polar surface area (TPSA) is 111 Å². The lowest BCUT2D eigenvalue weighted by molar-refractivity contribution is -0.870. The van der Waals surface area contributed by atoms with Gasteiger partial charge in [-0.2, -0.15) is 0 Å². The summed E-state index contributed by atoms with van der Waals surface area (Å²) >= 11 is 0. The molecule has 2 unspecified atom stereocenters. The van der Waals surface area contributed by atoms with Gasteiger partial charge in [-0.05, 0) is 109 Å². The molecule has 2 atom stereocenters. The van der Waals surface area contributed by atoms with Crippen LogP contribution in [0.1, 0.15) is 296 Å². The van der Waals surface area contributed by atoms with Crippen molar-refractivity contribution >= 4 is 17.9 Å². The van der Waals surface area contributed by atoms with Crippen molar-refractivity contribution in [3.05, 3.63) is 122 Å². The van der Waals surface area contributed by atoms with Crippen LogP contribution in [0.2, 0.25) is 0 Å². The molecule has 0 bridgehead atoms. The van der Waals surface area contributed by atoms with Crippen molar-refractivity contribution in [2.45, 2.75) is 309 Å². The first kappa shape index (κ1) is 82.7. The Morgan fingerprint density at radius 3 is 0.989 bits per heavy atom. The molecule has 0 rings (SSSR count). The zero-order valence-electron chi connectivity index (χ0n) is 56.9. The molecule has 0 aromatic carbocycles. The molecule has 87 heavy (non-hydrogen) atoms. The third kappa shape index (κ3) is 69.0. The Morgan fingerprint density at radius 2 is 0.655 bits per heavy atom. The first-order valence-electron chi connectivity index (χ1n) is 35.7. The minimum absolute atomic E-state index is 0.144. The average molecular weight is 1210 g/mol. The highest BCUT2D eigenvalue weighted by Gasteiger charge is 2.22. The summed E-state index contributed by atoms with van der Waals surface area (Å²) in [5.74, 6) is -2.28. The second-order valence-electron chi connectivity index (χ2n) is 24.8. The van der Waals surface area contributed by atoms with E-state index in [9.17, 15) is 19.5 Å². The Morgan fingerprint density at radius 1 is 0.356 bits per heavy atom. The maximum absolute atomic E-state index is 12.9. The molecule has 0 saturated carbocycles. The van der Waals surface area contributed by atoms with E-state index in [1.165, 1.54) is 167 Å². The van der Waals surface area contributed by atoms with Crippen LogP contribution in [0.25, 0.3) is 0 Å². The van der Waals surface area contributed by atoms with Crippen molar-refractivity contribution in [3.63, 3.8) is 0 Å². The van der Waals surface area contributed by atoms with Gasteiger partial charge in [0.15, 0.2) is 12.4 Å². The molecule has 0 aliphatic rings. The van der Waals surface area contributed by atoms with Gasteiger partial charge < -0.3 is 33.3 Å². The zero-order chi connectivity index (χ0) is 63.3. The first-order valence-corrected chi connectivity index (χ1v) is 35.7. The molecule has 0 spiro atoms. The van der Waals surface area contributed by atoms with Crippen LogP contribution in [-0.2, 0) is 33.3 Å². The quantitative estimate of drug-likeness (QED) is 0.0195. The van der Waals surface area contributed by atoms with Crippen molar-refractivity contribution in [1.82, 2.24) is 0 Å². The molecule has 9 heteroatoms. The van der Waals surface area contributed by atoms with Gasteiger partial charge in [0.05, 0.1) is 40.3 Å². The minimum atomic E-state index is -1.63. The molecular weight excluding hydrogens is 1080 g/mol. The summed E-state index contributed by atoms with van der Waals surface area (Å²) in [5, 5.41) is 11.8. The van der Waals surface area contributed by atoms with E-state index in [0.29, 0.717) is 17.4 Å². The van der Waals surface area contributed by atoms with Crippen LogP contribution < -0.4 is 5.11 Å². The number of hydrogen-bond acceptors (Lipinski definition) is 8. The maximum Gasteiger partial charge on any atom is 0.306 e. The van der Waals surface area contributed by atoms with Crippen molar-refractivity contribution in [2.24, 2.45) is 0 Å². The number of rotatable bonds is 65. The van der Waals surface area contributed by atoms with Gasteiger partial charge in [0, 0.05) is 12.8 Å². The molecule has 0 heterocycles. The third-order valence-electron chi connectivity index (χ3n) is 15.2. The van der Waals surface area contributed by atoms with Gasteiger partial charge >= 0.3 is 11.9 Å². The summed E-state index contributed by atoms with van der Waals surface area (Å²) in [6.07, 6.45) is 92.8. The van der Waals surface area contributed by atoms with Crippen molar-refractivity contribution in [3.8, 4) is 0 Å². The van der Waals surface area contributed by atoms with Crippen LogP contribution in [0.5, 0.6) is 0 Å². The summed E-state index contributed by atoms with van der Waals surface area (Å²) in [4.78, 5) is 37.5. The highest BCUT2D eigenvalue weighted by atomic mass is 16.7. The van der Waals surface area contributed by atoms with Gasteiger partial charge in [0.1, 0.15) is 13.2 Å². The minimum Gasteiger partial charge on any atom is -0.545 e. The number of unbranched alkanes of at least 4 members (excludes halogenated alkanes) is 30. The second kappa shape index (κ2) is 67.6. The van der Waals surface area contributed by atoms with Gasteiger partial charge in [-0.25, -0.2) is 0 Å². The van der Waals surface area contributed by atoms with Gasteiger partial charge in [0.2, 0.25) is 0 Å². The molecule has 0 radical (unpaired) electrons. The molecule has 0 N–H and O–H groups in total. The number of quaternary nitrogens is 1. The van der Waals surface area contributed by atoms with Crippen LogP contribution in [0.15, 0.2) is 122 Å². The SMILES string of the molecule is CC/C=C\C/C=C\C/C=C\C/C=C\C/C=C\C/C=C\C/C=C\C/C=C\C/C=C\CCCCCCCCCCCCCCCC(=O)OC(COC(=O)CCCCCCCCCCC/C=C\CCCCCCCCCC)COC(OCC[N+](C)(C)C)C(=O)[O-]. The molecule has 0 fully saturated rings. The monoisotopic (exact) mass is 1210 g/mol. The molecule has 0 amide bonds. The number of hydrogen-bond donors (Lipinski definition) is 0. The number of nitrogens with zero attached hydrogens (tertiary/aromatic N) is 1. The number of carbonyl (C=O) groups is 3. The number of allylic oxidation sites excluding steroid dienone is 20. The molecule has 0 aliphatic carbocycles. The number of likely N-dealkylation sites (N-methyl/N-ethyl adjacent to an activating group) is 1. The largest absolute Gasteiger partial charge is 0.545 e. The molecular formula is C78H133NO8. The average Bonchev–Trinajstić information content (AvgIpc) is 3.59. The highest BCUT2D eigenvalue weighted by molar-refractivity contribution is 5.70. The predicted octanol–water partition coefficient (Wildman–Crippen LogP) is 21.0. The summed E-state index contributed by atoms with van der Waals surface area (Å²) < 4.78 is 22.8. The molecule has 0 saturated heterocycles. The molecule has 0 aromatic rings. The Labute approximate surface area is 536 Å². The number of carboxylic acid groups (broad SMARTS) is 1. The van der Waals surface area contributed by atoms with Crippen LogP contribution in [-0.4, -0.2) is 82.3 Å². The second-order valence-corrected chi connectivity index (χ2v) is 24.8. The standard InChI is InChI=1S/C78H133NO8/c1-6-8-10-12-14-16-18-20-22-24-26-28-29-30-31-32-33-34-35-36-37-38-39-40-41-42-43-44-45-46-47-49-51-53-55-57-59-61-63-65-67-69-76(81)87-74(73-86-78(77(82)83)84-71-70-79(3,4)5)72-85-75(80)68-66-64-62-60-58-56-54-52-50-48-27-25-23-21-19-17-15-13-11-9-7-2/h8,10,14,16,20,22,25-28,30-31,33-34,36-37,39-40,42-43,74,78H,6-7,9,11-13,15,17-19,21,23-24,29,32,35,38,41,44-73H2,1-5H3/b10-8-,16-14-,22-20-,27-25-,28-26-,31-30-,34-33-,37-36-,40-39-,43-42-. The van der Waals surface area contributed by atoms with E-state index in [1.807, 2.05) is 21.1 Å². The number of aliphatic carboxylic acids is 1. The van der Waals surface area contributed by atoms with E-state index in [2.05, 4.69) is 135 Å². The van der Waals surface area contributed by atoms with Crippen molar-refractivity contribution in [1.29, 1.82) is 0 Å². The van der Waals surface area contributed by atoms with E-state index in [1.54, 1.807) is 0 Å². The van der Waals surface area contributed by atoms with E-state index < -0.39 is 24.3 Å². The Balaban J connectivity index is 4.10. The third-order valence-corrected chi connectivity index (χ3v) is 15.2. The first-order chi connectivity index (χ1) is 42.6. The van der Waals surface area contributed by atoms with E-state index >= 15 is 0 Å². The summed E-state index contributed by atoms with van der Waals surface area (Å²) in [5.41, 5.74) is 0. The lowest BCUT2D eigenvalue weighted by atomic mass is 10.0. The summed E-state index contributed by atoms with van der Waals surface area (Å²) in [7, 11) is 5.93. The van der Waals surface area contributed by atoms with Crippen molar-refractivity contribution in [2.75, 3.05) is 47.5 Å². The fraction of sp³-hybridized carbons (Fsp3) is 0.705. The Hall–Kier alpha value is -4.31. The number of ether oxygens (including phenoxy) is 4. The van der Waals surface area contributed by atoms with Crippen LogP contribution >= 0.6 is 0 Å². The maximum atomic E-state index is 12.9. The smallest absolute Gasteiger partial charge is 0.306 e. The van der Waals surface area contributed by atoms with E-state index in [4.69, 9.17) is 18.9 Å². The van der Waals surface area contributed by atoms with Gasteiger partial charge in [-0.15, -0.1) is 0 Å². The summed E-state index contributed by atoms with van der Waals surface area (Å²) in [6, 6.07) is 0. The van der Waals surface area contributed by atoms with Gasteiger partial charge in [-0.1, -0.05) is 296 Å². The fourth-order valence-corrected chi connectivity index (χ4v) is 9.76. The van der Waals surface area contributed by atoms with Gasteiger partial charge in [-0.3, -0.25) is 9.59 Å². The van der Waals surface area contributed by atoms with Crippen LogP contribution in [0.4, 0.5) is 0 Å². The summed E-state index contributed by atoms with van der Waals surface area (Å²) in [6.45, 7) is 4.65. The molecule has 0 aliphatic heterocycles. The lowest BCUT2D eigenvalue weighted by Gasteiger charge is -2.26. The van der Waals surface area contributed by atoms with E-state index in [0.717, 1.165) is 96.3 Å². The van der Waals surface area contributed by atoms with Gasteiger partial charge in [0.25, 0.3) is 0 Å². The number of carbonyl (C=O) groups excluding carboxylic acids is 3. The highest BCUT2D eigenvalue weighted by Crippen LogP contribution is 2.17.